The van der Waals surface area contributed by atoms with E-state index in [9.17, 15) is 4.79 Å². The molecule has 2 heteroatoms. The van der Waals surface area contributed by atoms with Crippen LogP contribution in [0.25, 0.3) is 0 Å². The van der Waals surface area contributed by atoms with Gasteiger partial charge in [-0.05, 0) is 37.5 Å². The molecule has 0 aromatic heterocycles. The Hall–Kier alpha value is -1.05. The smallest absolute Gasteiger partial charge is 0.330 e. The zero-order chi connectivity index (χ0) is 14.3. The Bertz CT molecular complexity index is 350. The standard InChI is InChI=1S/C17H28O2/c1-5-6-7-13-19-16(18)10-8-9-15-12-11-14(2)17(15,3)4/h8,10-11,15H,5-7,9,12-13H2,1-4H3/b10-8+. The van der Waals surface area contributed by atoms with E-state index in [1.54, 1.807) is 6.08 Å². The number of rotatable bonds is 7. The van der Waals surface area contributed by atoms with E-state index in [-0.39, 0.29) is 11.4 Å². The van der Waals surface area contributed by atoms with Crippen molar-refractivity contribution in [1.29, 1.82) is 0 Å². The van der Waals surface area contributed by atoms with Gasteiger partial charge in [0.2, 0.25) is 0 Å². The maximum atomic E-state index is 11.5. The third-order valence-corrected chi connectivity index (χ3v) is 4.41. The van der Waals surface area contributed by atoms with Gasteiger partial charge in [0.05, 0.1) is 6.61 Å². The average molecular weight is 264 g/mol. The van der Waals surface area contributed by atoms with Crippen molar-refractivity contribution in [2.75, 3.05) is 6.61 Å². The Labute approximate surface area is 117 Å². The molecule has 0 aromatic carbocycles. The summed E-state index contributed by atoms with van der Waals surface area (Å²) in [5, 5.41) is 0. The highest BCUT2D eigenvalue weighted by Gasteiger charge is 2.33. The van der Waals surface area contributed by atoms with Crippen molar-refractivity contribution in [3.63, 3.8) is 0 Å². The van der Waals surface area contributed by atoms with E-state index >= 15 is 0 Å². The van der Waals surface area contributed by atoms with Crippen molar-refractivity contribution >= 4 is 5.97 Å². The minimum absolute atomic E-state index is 0.198. The quantitative estimate of drug-likeness (QED) is 0.289. The van der Waals surface area contributed by atoms with Gasteiger partial charge in [-0.2, -0.15) is 0 Å². The van der Waals surface area contributed by atoms with Crippen LogP contribution >= 0.6 is 0 Å². The number of unbranched alkanes of at least 4 members (excludes halogenated alkanes) is 2. The Morgan fingerprint density at radius 3 is 2.79 bits per heavy atom. The maximum Gasteiger partial charge on any atom is 0.330 e. The van der Waals surface area contributed by atoms with Gasteiger partial charge in [0.1, 0.15) is 0 Å². The van der Waals surface area contributed by atoms with Gasteiger partial charge in [-0.25, -0.2) is 4.79 Å². The van der Waals surface area contributed by atoms with Crippen LogP contribution in [0.1, 0.15) is 59.8 Å². The number of carbonyl (C=O) groups excluding carboxylic acids is 1. The third-order valence-electron chi connectivity index (χ3n) is 4.41. The van der Waals surface area contributed by atoms with E-state index < -0.39 is 0 Å². The molecule has 1 rings (SSSR count). The van der Waals surface area contributed by atoms with Crippen LogP contribution in [0.2, 0.25) is 0 Å². The molecule has 0 saturated carbocycles. The molecule has 0 aromatic rings. The zero-order valence-electron chi connectivity index (χ0n) is 12.9. The fraction of sp³-hybridized carbons (Fsp3) is 0.706. The summed E-state index contributed by atoms with van der Waals surface area (Å²) in [6.07, 6.45) is 11.2. The van der Waals surface area contributed by atoms with Crippen LogP contribution in [-0.2, 0) is 9.53 Å². The second-order valence-electron chi connectivity index (χ2n) is 6.05. The van der Waals surface area contributed by atoms with Crippen LogP contribution in [0.4, 0.5) is 0 Å². The lowest BCUT2D eigenvalue weighted by Gasteiger charge is -2.28. The molecular weight excluding hydrogens is 236 g/mol. The lowest BCUT2D eigenvalue weighted by Crippen LogP contribution is -2.19. The summed E-state index contributed by atoms with van der Waals surface area (Å²) in [7, 11) is 0. The highest BCUT2D eigenvalue weighted by atomic mass is 16.5. The summed E-state index contributed by atoms with van der Waals surface area (Å²) < 4.78 is 5.14. The lowest BCUT2D eigenvalue weighted by atomic mass is 9.76. The SMILES string of the molecule is CCCCCOC(=O)/C=C/CC1CC=C(C)C1(C)C. The molecule has 0 saturated heterocycles. The van der Waals surface area contributed by atoms with Gasteiger partial charge < -0.3 is 4.74 Å². The molecule has 0 amide bonds. The van der Waals surface area contributed by atoms with E-state index in [0.29, 0.717) is 12.5 Å². The van der Waals surface area contributed by atoms with E-state index in [1.165, 1.54) is 5.57 Å². The van der Waals surface area contributed by atoms with Crippen LogP contribution in [0.3, 0.4) is 0 Å². The molecule has 0 spiro atoms. The van der Waals surface area contributed by atoms with Gasteiger partial charge >= 0.3 is 5.97 Å². The van der Waals surface area contributed by atoms with Crippen molar-refractivity contribution in [3.05, 3.63) is 23.8 Å². The molecular formula is C17H28O2. The third kappa shape index (κ3) is 4.85. The molecule has 0 aliphatic heterocycles. The molecule has 2 nitrogen and oxygen atoms in total. The van der Waals surface area contributed by atoms with Crippen LogP contribution in [0, 0.1) is 11.3 Å². The first-order valence-corrected chi connectivity index (χ1v) is 7.49. The molecule has 0 fully saturated rings. The van der Waals surface area contributed by atoms with Crippen LogP contribution in [0.5, 0.6) is 0 Å². The highest BCUT2D eigenvalue weighted by molar-refractivity contribution is 5.81. The molecule has 108 valence electrons. The highest BCUT2D eigenvalue weighted by Crippen LogP contribution is 2.44. The molecule has 0 radical (unpaired) electrons. The number of ether oxygens (including phenoxy) is 1. The van der Waals surface area contributed by atoms with E-state index in [0.717, 1.165) is 32.1 Å². The largest absolute Gasteiger partial charge is 0.463 e. The minimum atomic E-state index is -0.198. The lowest BCUT2D eigenvalue weighted by molar-refractivity contribution is -0.137. The Kier molecular flexibility index (Phi) is 6.33. The van der Waals surface area contributed by atoms with Crippen molar-refractivity contribution < 1.29 is 9.53 Å². The summed E-state index contributed by atoms with van der Waals surface area (Å²) in [4.78, 5) is 11.5. The maximum absolute atomic E-state index is 11.5. The van der Waals surface area contributed by atoms with Crippen molar-refractivity contribution in [1.82, 2.24) is 0 Å². The summed E-state index contributed by atoms with van der Waals surface area (Å²) in [5.41, 5.74) is 1.73. The van der Waals surface area contributed by atoms with Crippen molar-refractivity contribution in [3.8, 4) is 0 Å². The second-order valence-corrected chi connectivity index (χ2v) is 6.05. The second kappa shape index (κ2) is 7.52. The summed E-state index contributed by atoms with van der Waals surface area (Å²) in [5.74, 6) is 0.410. The zero-order valence-corrected chi connectivity index (χ0v) is 12.9. The monoisotopic (exact) mass is 264 g/mol. The van der Waals surface area contributed by atoms with Crippen molar-refractivity contribution in [2.24, 2.45) is 11.3 Å². The molecule has 0 heterocycles. The van der Waals surface area contributed by atoms with Gasteiger partial charge in [-0.3, -0.25) is 0 Å². The van der Waals surface area contributed by atoms with Gasteiger partial charge in [-0.15, -0.1) is 0 Å². The summed E-state index contributed by atoms with van der Waals surface area (Å²) in [6, 6.07) is 0. The Morgan fingerprint density at radius 1 is 1.47 bits per heavy atom. The number of allylic oxidation sites excluding steroid dienone is 3. The Balaban J connectivity index is 2.25. The molecule has 1 unspecified atom stereocenters. The van der Waals surface area contributed by atoms with Crippen molar-refractivity contribution in [2.45, 2.75) is 59.8 Å². The first-order chi connectivity index (χ1) is 8.98. The van der Waals surface area contributed by atoms with Gasteiger partial charge in [0.25, 0.3) is 0 Å². The fourth-order valence-corrected chi connectivity index (χ4v) is 2.49. The van der Waals surface area contributed by atoms with Crippen LogP contribution < -0.4 is 0 Å². The predicted octanol–water partition coefficient (Wildman–Crippen LogP) is 4.66. The first-order valence-electron chi connectivity index (χ1n) is 7.49. The summed E-state index contributed by atoms with van der Waals surface area (Å²) in [6.45, 7) is 9.46. The predicted molar refractivity (Wildman–Crippen MR) is 79.9 cm³/mol. The van der Waals surface area contributed by atoms with Crippen LogP contribution in [0.15, 0.2) is 23.8 Å². The normalized spacial score (nSPS) is 21.7. The van der Waals surface area contributed by atoms with E-state index in [2.05, 4.69) is 33.8 Å². The number of hydrogen-bond donors (Lipinski definition) is 0. The molecule has 0 N–H and O–H groups in total. The van der Waals surface area contributed by atoms with Crippen LogP contribution in [-0.4, -0.2) is 12.6 Å². The number of carbonyl (C=O) groups is 1. The number of hydrogen-bond acceptors (Lipinski definition) is 2. The van der Waals surface area contributed by atoms with Gasteiger partial charge in [0, 0.05) is 6.08 Å². The molecule has 1 atom stereocenters. The minimum Gasteiger partial charge on any atom is -0.463 e. The summed E-state index contributed by atoms with van der Waals surface area (Å²) >= 11 is 0. The fourth-order valence-electron chi connectivity index (χ4n) is 2.49. The molecule has 1 aliphatic rings. The molecule has 0 bridgehead atoms. The molecule has 19 heavy (non-hydrogen) atoms. The molecule has 1 aliphatic carbocycles. The van der Waals surface area contributed by atoms with E-state index in [1.807, 2.05) is 6.08 Å². The topological polar surface area (TPSA) is 26.3 Å². The van der Waals surface area contributed by atoms with Gasteiger partial charge in [-0.1, -0.05) is 51.3 Å². The first kappa shape index (κ1) is 16.0. The number of esters is 1. The average Bonchev–Trinajstić information content (AvgIpc) is 2.61. The van der Waals surface area contributed by atoms with Gasteiger partial charge in [0.15, 0.2) is 0 Å². The van der Waals surface area contributed by atoms with E-state index in [4.69, 9.17) is 4.74 Å². The Morgan fingerprint density at radius 2 is 2.21 bits per heavy atom.